The lowest BCUT2D eigenvalue weighted by atomic mass is 10.1. The van der Waals surface area contributed by atoms with Crippen LogP contribution in [0.1, 0.15) is 175 Å². The molecule has 0 fully saturated rings. The number of hydrogen-bond acceptors (Lipinski definition) is 6. The second kappa shape index (κ2) is 46.5. The minimum Gasteiger partial charge on any atom is -0.462 e. The first kappa shape index (κ1) is 54.8. The average Bonchev–Trinajstić information content (AvgIpc) is 3.23. The van der Waals surface area contributed by atoms with Gasteiger partial charge in [-0.25, -0.2) is 0 Å². The minimum atomic E-state index is -0.814. The van der Waals surface area contributed by atoms with Gasteiger partial charge in [-0.2, -0.15) is 0 Å². The van der Waals surface area contributed by atoms with E-state index in [2.05, 4.69) is 81.5 Å². The maximum Gasteiger partial charge on any atom is 0.306 e. The van der Waals surface area contributed by atoms with E-state index in [-0.39, 0.29) is 37.5 Å². The van der Waals surface area contributed by atoms with E-state index in [4.69, 9.17) is 14.2 Å². The number of esters is 3. The van der Waals surface area contributed by atoms with E-state index in [1.54, 1.807) is 0 Å². The van der Waals surface area contributed by atoms with Crippen LogP contribution in [-0.2, 0) is 28.6 Å². The fourth-order valence-corrected chi connectivity index (χ4v) is 5.64. The monoisotopic (exact) mass is 815 g/mol. The van der Waals surface area contributed by atoms with Gasteiger partial charge in [-0.1, -0.05) is 187 Å². The van der Waals surface area contributed by atoms with Crippen LogP contribution in [0.4, 0.5) is 0 Å². The summed E-state index contributed by atoms with van der Waals surface area (Å²) in [4.78, 5) is 37.8. The molecule has 330 valence electrons. The molecule has 0 spiro atoms. The number of rotatable bonds is 39. The van der Waals surface area contributed by atoms with Crippen molar-refractivity contribution in [2.24, 2.45) is 0 Å². The van der Waals surface area contributed by atoms with Crippen LogP contribution in [0.25, 0.3) is 0 Å². The Balaban J connectivity index is 4.55. The standard InChI is InChI=1S/C53H82O6/c1-4-7-10-13-16-19-22-24-26-27-28-30-31-34-37-40-43-46-52(55)58-49-50(48-57-51(54)45-42-39-36-33-21-18-15-12-9-6-3)59-53(56)47-44-41-38-35-32-29-25-23-20-17-14-11-8-5-2/h7-8,10-11,13,15-20,22,24-31,50H,4-6,9,12,14,21,23,32-49H2,1-3H3/b10-7-,11-8-,16-13-,18-15-,20-17-,22-19-,26-24-,28-27+,29-25-,31-30-. The molecule has 0 aliphatic carbocycles. The van der Waals surface area contributed by atoms with Gasteiger partial charge in [0, 0.05) is 19.3 Å². The first-order valence-electron chi connectivity index (χ1n) is 23.1. The molecule has 0 bridgehead atoms. The van der Waals surface area contributed by atoms with Crippen molar-refractivity contribution in [2.75, 3.05) is 13.2 Å². The van der Waals surface area contributed by atoms with Crippen LogP contribution >= 0.6 is 0 Å². The smallest absolute Gasteiger partial charge is 0.306 e. The molecule has 0 radical (unpaired) electrons. The molecule has 59 heavy (non-hydrogen) atoms. The molecule has 1 unspecified atom stereocenters. The summed E-state index contributed by atoms with van der Waals surface area (Å²) in [5, 5.41) is 0. The average molecular weight is 815 g/mol. The summed E-state index contributed by atoms with van der Waals surface area (Å²) < 4.78 is 16.6. The zero-order chi connectivity index (χ0) is 43.0. The van der Waals surface area contributed by atoms with E-state index in [0.29, 0.717) is 12.8 Å². The van der Waals surface area contributed by atoms with Crippen molar-refractivity contribution < 1.29 is 28.6 Å². The molecule has 0 heterocycles. The molecule has 0 saturated heterocycles. The lowest BCUT2D eigenvalue weighted by Gasteiger charge is -2.18. The number of ether oxygens (including phenoxy) is 3. The Morgan fingerprint density at radius 1 is 0.373 bits per heavy atom. The van der Waals surface area contributed by atoms with E-state index in [1.807, 2.05) is 60.8 Å². The van der Waals surface area contributed by atoms with Crippen molar-refractivity contribution in [1.82, 2.24) is 0 Å². The van der Waals surface area contributed by atoms with Crippen LogP contribution in [0.3, 0.4) is 0 Å². The minimum absolute atomic E-state index is 0.112. The quantitative estimate of drug-likeness (QED) is 0.0202. The SMILES string of the molecule is CC\C=C/C=C\C=C/C=C\C=C\C=C/CCCCCC(=O)OCC(COC(=O)CCCCCC/C=C\CCCC)OC(=O)CCCCCC/C=C\C/C=C\C/C=C\CC. The summed E-state index contributed by atoms with van der Waals surface area (Å²) in [6.07, 6.45) is 63.2. The third-order valence-corrected chi connectivity index (χ3v) is 9.09. The van der Waals surface area contributed by atoms with Gasteiger partial charge in [0.25, 0.3) is 0 Å². The Labute approximate surface area is 361 Å². The van der Waals surface area contributed by atoms with Gasteiger partial charge < -0.3 is 14.2 Å². The van der Waals surface area contributed by atoms with Crippen LogP contribution in [-0.4, -0.2) is 37.2 Å². The highest BCUT2D eigenvalue weighted by Crippen LogP contribution is 2.12. The highest BCUT2D eigenvalue weighted by atomic mass is 16.6. The van der Waals surface area contributed by atoms with Gasteiger partial charge in [0.1, 0.15) is 13.2 Å². The maximum atomic E-state index is 12.7. The number of allylic oxidation sites excluding steroid dienone is 20. The molecule has 0 aromatic rings. The molecule has 0 aromatic carbocycles. The second-order valence-corrected chi connectivity index (χ2v) is 14.7. The largest absolute Gasteiger partial charge is 0.462 e. The Hall–Kier alpha value is -4.19. The molecule has 0 rings (SSSR count). The van der Waals surface area contributed by atoms with Crippen molar-refractivity contribution in [1.29, 1.82) is 0 Å². The van der Waals surface area contributed by atoms with Gasteiger partial charge in [-0.15, -0.1) is 0 Å². The Bertz CT molecular complexity index is 1300. The van der Waals surface area contributed by atoms with Crippen molar-refractivity contribution in [3.63, 3.8) is 0 Å². The maximum absolute atomic E-state index is 12.7. The summed E-state index contributed by atoms with van der Waals surface area (Å²) >= 11 is 0. The molecule has 6 heteroatoms. The zero-order valence-electron chi connectivity index (χ0n) is 37.5. The molecular formula is C53H82O6. The lowest BCUT2D eigenvalue weighted by molar-refractivity contribution is -0.167. The topological polar surface area (TPSA) is 78.9 Å². The predicted octanol–water partition coefficient (Wildman–Crippen LogP) is 15.0. The number of unbranched alkanes of at least 4 members (excludes halogenated alkanes) is 13. The highest BCUT2D eigenvalue weighted by molar-refractivity contribution is 5.71. The number of carbonyl (C=O) groups excluding carboxylic acids is 3. The third-order valence-electron chi connectivity index (χ3n) is 9.09. The van der Waals surface area contributed by atoms with Crippen LogP contribution in [0.5, 0.6) is 0 Å². The summed E-state index contributed by atoms with van der Waals surface area (Å²) in [6, 6.07) is 0. The lowest BCUT2D eigenvalue weighted by Crippen LogP contribution is -2.30. The van der Waals surface area contributed by atoms with Gasteiger partial charge in [0.05, 0.1) is 0 Å². The van der Waals surface area contributed by atoms with Gasteiger partial charge in [0.2, 0.25) is 0 Å². The van der Waals surface area contributed by atoms with E-state index in [0.717, 1.165) is 122 Å². The van der Waals surface area contributed by atoms with E-state index in [1.165, 1.54) is 12.8 Å². The highest BCUT2D eigenvalue weighted by Gasteiger charge is 2.19. The first-order chi connectivity index (χ1) is 29.0. The van der Waals surface area contributed by atoms with Crippen molar-refractivity contribution >= 4 is 17.9 Å². The normalized spacial score (nSPS) is 13.2. The molecule has 0 aliphatic heterocycles. The van der Waals surface area contributed by atoms with Crippen molar-refractivity contribution in [3.8, 4) is 0 Å². The summed E-state index contributed by atoms with van der Waals surface area (Å²) in [7, 11) is 0. The van der Waals surface area contributed by atoms with Gasteiger partial charge in [-0.3, -0.25) is 14.4 Å². The molecule has 0 saturated carbocycles. The zero-order valence-corrected chi connectivity index (χ0v) is 37.5. The summed E-state index contributed by atoms with van der Waals surface area (Å²) in [5.41, 5.74) is 0. The summed E-state index contributed by atoms with van der Waals surface area (Å²) in [5.74, 6) is -1.01. The van der Waals surface area contributed by atoms with E-state index < -0.39 is 6.10 Å². The molecule has 1 atom stereocenters. The molecule has 0 aromatic heterocycles. The van der Waals surface area contributed by atoms with Crippen molar-refractivity contribution in [2.45, 2.75) is 181 Å². The van der Waals surface area contributed by atoms with Crippen LogP contribution in [0.15, 0.2) is 122 Å². The first-order valence-corrected chi connectivity index (χ1v) is 23.1. The van der Waals surface area contributed by atoms with Crippen LogP contribution in [0, 0.1) is 0 Å². The fourth-order valence-electron chi connectivity index (χ4n) is 5.64. The molecule has 0 aliphatic rings. The van der Waals surface area contributed by atoms with E-state index >= 15 is 0 Å². The summed E-state index contributed by atoms with van der Waals surface area (Å²) in [6.45, 7) is 6.23. The van der Waals surface area contributed by atoms with E-state index in [9.17, 15) is 14.4 Å². The number of hydrogen-bond donors (Lipinski definition) is 0. The van der Waals surface area contributed by atoms with Gasteiger partial charge in [0.15, 0.2) is 6.10 Å². The Morgan fingerprint density at radius 2 is 0.746 bits per heavy atom. The van der Waals surface area contributed by atoms with Crippen molar-refractivity contribution in [3.05, 3.63) is 122 Å². The molecular weight excluding hydrogens is 733 g/mol. The van der Waals surface area contributed by atoms with Gasteiger partial charge in [-0.05, 0) is 89.9 Å². The Kier molecular flexibility index (Phi) is 43.2. The molecule has 0 amide bonds. The predicted molar refractivity (Wildman–Crippen MR) is 251 cm³/mol. The third kappa shape index (κ3) is 44.8. The number of carbonyl (C=O) groups is 3. The molecule has 6 nitrogen and oxygen atoms in total. The second-order valence-electron chi connectivity index (χ2n) is 14.7. The molecule has 0 N–H and O–H groups in total. The van der Waals surface area contributed by atoms with Crippen LogP contribution < -0.4 is 0 Å². The van der Waals surface area contributed by atoms with Crippen LogP contribution in [0.2, 0.25) is 0 Å². The van der Waals surface area contributed by atoms with Gasteiger partial charge >= 0.3 is 17.9 Å². The fraction of sp³-hybridized carbons (Fsp3) is 0.566. The Morgan fingerprint density at radius 3 is 1.25 bits per heavy atom.